The minimum absolute atomic E-state index is 0.107. The highest BCUT2D eigenvalue weighted by Crippen LogP contribution is 1.98. The third-order valence-corrected chi connectivity index (χ3v) is 3.70. The van der Waals surface area contributed by atoms with Gasteiger partial charge in [-0.15, -0.1) is 0 Å². The van der Waals surface area contributed by atoms with Crippen LogP contribution in [-0.4, -0.2) is 19.8 Å². The number of rotatable bonds is 4. The van der Waals surface area contributed by atoms with E-state index in [0.717, 1.165) is 0 Å². The minimum Gasteiger partial charge on any atom is -0.398 e. The molecule has 0 aliphatic rings. The smallest absolute Gasteiger partial charge is 0.250 e. The van der Waals surface area contributed by atoms with Gasteiger partial charge in [0.1, 0.15) is 0 Å². The molecule has 0 aliphatic carbocycles. The number of hydrogen-bond acceptors (Lipinski definition) is 3. The quantitative estimate of drug-likeness (QED) is 0.820. The van der Waals surface area contributed by atoms with E-state index < -0.39 is 10.8 Å². The van der Waals surface area contributed by atoms with Crippen molar-refractivity contribution in [2.75, 3.05) is 11.5 Å². The van der Waals surface area contributed by atoms with Crippen LogP contribution in [0.2, 0.25) is 0 Å². The lowest BCUT2D eigenvalue weighted by molar-refractivity contribution is 0.663. The van der Waals surface area contributed by atoms with Gasteiger partial charge < -0.3 is 10.3 Å². The zero-order valence-corrected chi connectivity index (χ0v) is 9.79. The summed E-state index contributed by atoms with van der Waals surface area (Å²) in [6.07, 6.45) is 1.58. The highest BCUT2D eigenvalue weighted by molar-refractivity contribution is 7.85. The van der Waals surface area contributed by atoms with Gasteiger partial charge in [0, 0.05) is 46.3 Å². The summed E-state index contributed by atoms with van der Waals surface area (Å²) in [5.41, 5.74) is 6.00. The number of aryl methyl sites for hydroxylation is 1. The first-order valence-corrected chi connectivity index (χ1v) is 6.22. The van der Waals surface area contributed by atoms with Crippen LogP contribution in [0.3, 0.4) is 0 Å². The first kappa shape index (κ1) is 12.0. The first-order valence-electron chi connectivity index (χ1n) is 4.84. The number of nitrogen functional groups attached to an aromatic ring is 1. The standard InChI is InChI=1S/C10H16N2O2S/c1-8(2)15(14)6-5-12-7-9(11)3-4-10(12)13/h3-4,7-8H,5-6,11H2,1-2H3. The van der Waals surface area contributed by atoms with Crippen molar-refractivity contribution in [2.24, 2.45) is 0 Å². The zero-order chi connectivity index (χ0) is 11.4. The second-order valence-corrected chi connectivity index (χ2v) is 5.74. The van der Waals surface area contributed by atoms with Crippen LogP contribution < -0.4 is 11.3 Å². The molecule has 0 spiro atoms. The lowest BCUT2D eigenvalue weighted by Gasteiger charge is -2.08. The van der Waals surface area contributed by atoms with Crippen LogP contribution in [0, 0.1) is 0 Å². The molecule has 0 aromatic carbocycles. The third-order valence-electron chi connectivity index (χ3n) is 2.07. The van der Waals surface area contributed by atoms with Crippen molar-refractivity contribution in [3.05, 3.63) is 28.7 Å². The van der Waals surface area contributed by atoms with Gasteiger partial charge in [-0.3, -0.25) is 9.00 Å². The van der Waals surface area contributed by atoms with E-state index in [0.29, 0.717) is 18.0 Å². The van der Waals surface area contributed by atoms with E-state index in [-0.39, 0.29) is 10.8 Å². The molecule has 1 rings (SSSR count). The van der Waals surface area contributed by atoms with Crippen molar-refractivity contribution < 1.29 is 4.21 Å². The van der Waals surface area contributed by atoms with E-state index >= 15 is 0 Å². The third kappa shape index (κ3) is 3.51. The van der Waals surface area contributed by atoms with Crippen LogP contribution in [0.4, 0.5) is 5.69 Å². The van der Waals surface area contributed by atoms with Gasteiger partial charge in [0.25, 0.3) is 5.56 Å². The van der Waals surface area contributed by atoms with Gasteiger partial charge in [0.05, 0.1) is 0 Å². The maximum atomic E-state index is 11.5. The van der Waals surface area contributed by atoms with Gasteiger partial charge in [0.2, 0.25) is 0 Å². The fraction of sp³-hybridized carbons (Fsp3) is 0.500. The SMILES string of the molecule is CC(C)S(=O)CCn1cc(N)ccc1=O. The Morgan fingerprint density at radius 1 is 1.47 bits per heavy atom. The predicted octanol–water partition coefficient (Wildman–Crippen LogP) is 0.588. The van der Waals surface area contributed by atoms with Crippen LogP contribution in [0.1, 0.15) is 13.8 Å². The number of anilines is 1. The highest BCUT2D eigenvalue weighted by Gasteiger charge is 2.05. The minimum atomic E-state index is -0.888. The molecule has 1 atom stereocenters. The molecular formula is C10H16N2O2S. The topological polar surface area (TPSA) is 65.1 Å². The Labute approximate surface area is 91.6 Å². The zero-order valence-electron chi connectivity index (χ0n) is 8.97. The van der Waals surface area contributed by atoms with Gasteiger partial charge in [-0.25, -0.2) is 0 Å². The summed E-state index contributed by atoms with van der Waals surface area (Å²) in [5, 5.41) is 0.127. The predicted molar refractivity (Wildman–Crippen MR) is 63.3 cm³/mol. The van der Waals surface area contributed by atoms with E-state index in [4.69, 9.17) is 5.73 Å². The first-order chi connectivity index (χ1) is 7.00. The number of nitrogens with zero attached hydrogens (tertiary/aromatic N) is 1. The Hall–Kier alpha value is -1.10. The molecule has 4 nitrogen and oxygen atoms in total. The molecule has 0 amide bonds. The number of nitrogens with two attached hydrogens (primary N) is 1. The molecule has 0 saturated heterocycles. The second kappa shape index (κ2) is 5.11. The molecule has 2 N–H and O–H groups in total. The molecule has 0 radical (unpaired) electrons. The summed E-state index contributed by atoms with van der Waals surface area (Å²) in [6, 6.07) is 2.99. The lowest BCUT2D eigenvalue weighted by Crippen LogP contribution is -2.23. The monoisotopic (exact) mass is 228 g/mol. The Morgan fingerprint density at radius 2 is 2.13 bits per heavy atom. The van der Waals surface area contributed by atoms with Gasteiger partial charge in [0.15, 0.2) is 0 Å². The second-order valence-electron chi connectivity index (χ2n) is 3.63. The Morgan fingerprint density at radius 3 is 2.73 bits per heavy atom. The summed E-state index contributed by atoms with van der Waals surface area (Å²) in [4.78, 5) is 11.4. The summed E-state index contributed by atoms with van der Waals surface area (Å²) in [6.45, 7) is 4.26. The van der Waals surface area contributed by atoms with Crippen LogP contribution in [0.25, 0.3) is 0 Å². The van der Waals surface area contributed by atoms with E-state index in [1.165, 1.54) is 10.6 Å². The summed E-state index contributed by atoms with van der Waals surface area (Å²) < 4.78 is 13.0. The van der Waals surface area contributed by atoms with Crippen molar-refractivity contribution in [1.29, 1.82) is 0 Å². The van der Waals surface area contributed by atoms with Crippen LogP contribution in [-0.2, 0) is 17.3 Å². The molecule has 0 saturated carbocycles. The molecule has 1 aromatic heterocycles. The molecule has 0 aliphatic heterocycles. The van der Waals surface area contributed by atoms with Gasteiger partial charge >= 0.3 is 0 Å². The largest absolute Gasteiger partial charge is 0.398 e. The van der Waals surface area contributed by atoms with Gasteiger partial charge in [-0.1, -0.05) is 13.8 Å². The summed E-state index contributed by atoms with van der Waals surface area (Å²) >= 11 is 0. The molecule has 1 unspecified atom stereocenters. The summed E-state index contributed by atoms with van der Waals surface area (Å²) in [5.74, 6) is 0.487. The van der Waals surface area contributed by atoms with Crippen molar-refractivity contribution in [3.8, 4) is 0 Å². The molecule has 1 heterocycles. The molecule has 5 heteroatoms. The fourth-order valence-corrected chi connectivity index (χ4v) is 2.00. The summed E-state index contributed by atoms with van der Waals surface area (Å²) in [7, 11) is -0.888. The maximum absolute atomic E-state index is 11.5. The van der Waals surface area contributed by atoms with Crippen LogP contribution in [0.15, 0.2) is 23.1 Å². The van der Waals surface area contributed by atoms with E-state index in [2.05, 4.69) is 0 Å². The Balaban J connectivity index is 2.69. The Bertz CT molecular complexity index is 412. The lowest BCUT2D eigenvalue weighted by atomic mass is 10.4. The van der Waals surface area contributed by atoms with E-state index in [1.54, 1.807) is 12.3 Å². The number of hydrogen-bond donors (Lipinski definition) is 1. The van der Waals surface area contributed by atoms with Crippen LogP contribution in [0.5, 0.6) is 0 Å². The number of pyridine rings is 1. The highest BCUT2D eigenvalue weighted by atomic mass is 32.2. The molecule has 15 heavy (non-hydrogen) atoms. The van der Waals surface area contributed by atoms with Crippen molar-refractivity contribution in [3.63, 3.8) is 0 Å². The molecule has 0 bridgehead atoms. The molecule has 0 fully saturated rings. The van der Waals surface area contributed by atoms with E-state index in [9.17, 15) is 9.00 Å². The van der Waals surface area contributed by atoms with Gasteiger partial charge in [-0.05, 0) is 6.07 Å². The van der Waals surface area contributed by atoms with Crippen LogP contribution >= 0.6 is 0 Å². The average Bonchev–Trinajstić information content (AvgIpc) is 2.18. The van der Waals surface area contributed by atoms with Crippen molar-refractivity contribution >= 4 is 16.5 Å². The van der Waals surface area contributed by atoms with Gasteiger partial charge in [-0.2, -0.15) is 0 Å². The van der Waals surface area contributed by atoms with E-state index in [1.807, 2.05) is 13.8 Å². The normalized spacial score (nSPS) is 13.0. The molecular weight excluding hydrogens is 212 g/mol. The van der Waals surface area contributed by atoms with Crippen molar-refractivity contribution in [2.45, 2.75) is 25.6 Å². The Kier molecular flexibility index (Phi) is 4.08. The molecule has 1 aromatic rings. The average molecular weight is 228 g/mol. The maximum Gasteiger partial charge on any atom is 0.250 e. The fourth-order valence-electron chi connectivity index (χ4n) is 1.15. The molecule has 84 valence electrons. The number of aromatic nitrogens is 1. The van der Waals surface area contributed by atoms with Crippen molar-refractivity contribution in [1.82, 2.24) is 4.57 Å².